The highest BCUT2D eigenvalue weighted by Gasteiger charge is 2.32. The second-order valence-corrected chi connectivity index (χ2v) is 7.49. The van der Waals surface area contributed by atoms with Crippen molar-refractivity contribution >= 4 is 23.0 Å². The first-order valence-electron chi connectivity index (χ1n) is 9.52. The van der Waals surface area contributed by atoms with E-state index in [1.165, 1.54) is 18.2 Å². The molecule has 2 aromatic rings. The zero-order valence-electron chi connectivity index (χ0n) is 16.7. The average molecular weight is 437 g/mol. The minimum absolute atomic E-state index is 0.0566. The first-order chi connectivity index (χ1) is 14.4. The Morgan fingerprint density at radius 1 is 1.37 bits per heavy atom. The Morgan fingerprint density at radius 3 is 2.80 bits per heavy atom. The van der Waals surface area contributed by atoms with E-state index in [2.05, 4.69) is 17.2 Å². The van der Waals surface area contributed by atoms with Gasteiger partial charge in [0.05, 0.1) is 18.4 Å². The standard InChI is InChI=1S/C21H26ClFN4O3/c1-3-21(29)27-10-16(11-27)30-20-7-5-15(9-19(20)28)26(2)13-24-12-25-14-4-6-18(23)17(22)8-14/h3-9,16,21,24-25,28-29H,1,10-13H2,2H3. The fourth-order valence-electron chi connectivity index (χ4n) is 3.02. The van der Waals surface area contributed by atoms with E-state index in [0.29, 0.717) is 37.9 Å². The van der Waals surface area contributed by atoms with Gasteiger partial charge in [0.15, 0.2) is 11.5 Å². The number of aliphatic hydroxyl groups is 1. The van der Waals surface area contributed by atoms with Crippen molar-refractivity contribution < 1.29 is 19.3 Å². The van der Waals surface area contributed by atoms with Gasteiger partial charge in [-0.25, -0.2) is 4.39 Å². The summed E-state index contributed by atoms with van der Waals surface area (Å²) in [7, 11) is 1.89. The predicted molar refractivity (Wildman–Crippen MR) is 117 cm³/mol. The second-order valence-electron chi connectivity index (χ2n) is 7.08. The highest BCUT2D eigenvalue weighted by molar-refractivity contribution is 6.31. The van der Waals surface area contributed by atoms with Crippen LogP contribution in [0.4, 0.5) is 15.8 Å². The molecule has 0 spiro atoms. The number of hydrogen-bond donors (Lipinski definition) is 4. The molecule has 0 aliphatic carbocycles. The zero-order valence-corrected chi connectivity index (χ0v) is 17.4. The highest BCUT2D eigenvalue weighted by atomic mass is 35.5. The minimum atomic E-state index is -0.670. The summed E-state index contributed by atoms with van der Waals surface area (Å²) in [5.74, 6) is 0.0139. The van der Waals surface area contributed by atoms with Crippen LogP contribution < -0.4 is 20.3 Å². The number of phenolic OH excluding ortho intramolecular Hbond substituents is 1. The van der Waals surface area contributed by atoms with Crippen LogP contribution in [0.15, 0.2) is 49.1 Å². The summed E-state index contributed by atoms with van der Waals surface area (Å²) in [6, 6.07) is 9.68. The molecule has 1 aliphatic heterocycles. The van der Waals surface area contributed by atoms with Gasteiger partial charge in [0.1, 0.15) is 18.1 Å². The van der Waals surface area contributed by atoms with E-state index in [1.54, 1.807) is 18.2 Å². The molecule has 1 unspecified atom stereocenters. The normalized spacial score (nSPS) is 15.3. The van der Waals surface area contributed by atoms with Gasteiger partial charge in [-0.05, 0) is 36.4 Å². The molecule has 30 heavy (non-hydrogen) atoms. The molecule has 1 atom stereocenters. The van der Waals surface area contributed by atoms with Crippen molar-refractivity contribution in [1.82, 2.24) is 10.2 Å². The molecule has 0 aromatic heterocycles. The van der Waals surface area contributed by atoms with Gasteiger partial charge in [-0.3, -0.25) is 10.2 Å². The molecule has 0 amide bonds. The molecular weight excluding hydrogens is 411 g/mol. The van der Waals surface area contributed by atoms with E-state index >= 15 is 0 Å². The summed E-state index contributed by atoms with van der Waals surface area (Å²) >= 11 is 5.76. The van der Waals surface area contributed by atoms with Gasteiger partial charge in [-0.2, -0.15) is 0 Å². The third-order valence-corrected chi connectivity index (χ3v) is 5.11. The minimum Gasteiger partial charge on any atom is -0.504 e. The number of aliphatic hydroxyl groups excluding tert-OH is 1. The van der Waals surface area contributed by atoms with E-state index < -0.39 is 12.0 Å². The maximum Gasteiger partial charge on any atom is 0.161 e. The van der Waals surface area contributed by atoms with Gasteiger partial charge in [0.2, 0.25) is 0 Å². The van der Waals surface area contributed by atoms with Crippen LogP contribution in [0.1, 0.15) is 0 Å². The lowest BCUT2D eigenvalue weighted by molar-refractivity contribution is -0.0674. The summed E-state index contributed by atoms with van der Waals surface area (Å²) in [6.07, 6.45) is 0.717. The first-order valence-corrected chi connectivity index (χ1v) is 9.90. The molecule has 1 heterocycles. The molecule has 1 fully saturated rings. The van der Waals surface area contributed by atoms with E-state index in [-0.39, 0.29) is 16.9 Å². The van der Waals surface area contributed by atoms with Crippen molar-refractivity contribution in [2.75, 3.05) is 43.7 Å². The molecule has 0 bridgehead atoms. The predicted octanol–water partition coefficient (Wildman–Crippen LogP) is 2.80. The summed E-state index contributed by atoms with van der Waals surface area (Å²) < 4.78 is 19.0. The number of aromatic hydroxyl groups is 1. The number of phenols is 1. The number of anilines is 2. The molecule has 4 N–H and O–H groups in total. The molecule has 0 saturated carbocycles. The average Bonchev–Trinajstić information content (AvgIpc) is 2.70. The van der Waals surface area contributed by atoms with E-state index in [1.807, 2.05) is 22.9 Å². The zero-order chi connectivity index (χ0) is 21.7. The summed E-state index contributed by atoms with van der Waals surface area (Å²) in [5.41, 5.74) is 1.53. The van der Waals surface area contributed by atoms with Gasteiger partial charge in [-0.15, -0.1) is 0 Å². The van der Waals surface area contributed by atoms with E-state index in [4.69, 9.17) is 16.3 Å². The third-order valence-electron chi connectivity index (χ3n) is 4.82. The number of nitrogens with zero attached hydrogens (tertiary/aromatic N) is 2. The third kappa shape index (κ3) is 5.54. The van der Waals surface area contributed by atoms with Crippen LogP contribution in [0.2, 0.25) is 5.02 Å². The molecule has 3 rings (SSSR count). The van der Waals surface area contributed by atoms with Crippen LogP contribution in [0.25, 0.3) is 0 Å². The molecule has 2 aromatic carbocycles. The van der Waals surface area contributed by atoms with Crippen LogP contribution in [-0.4, -0.2) is 60.9 Å². The Hall–Kier alpha value is -2.52. The quantitative estimate of drug-likeness (QED) is 0.259. The molecule has 162 valence electrons. The van der Waals surface area contributed by atoms with Crippen LogP contribution in [0.3, 0.4) is 0 Å². The Balaban J connectivity index is 1.43. The van der Waals surface area contributed by atoms with Crippen molar-refractivity contribution in [3.63, 3.8) is 0 Å². The summed E-state index contributed by atoms with van der Waals surface area (Å²) in [5, 5.41) is 26.3. The lowest BCUT2D eigenvalue weighted by Crippen LogP contribution is -2.57. The van der Waals surface area contributed by atoms with Crippen LogP contribution in [-0.2, 0) is 0 Å². The summed E-state index contributed by atoms with van der Waals surface area (Å²) in [4.78, 5) is 3.74. The van der Waals surface area contributed by atoms with Crippen molar-refractivity contribution in [2.24, 2.45) is 0 Å². The smallest absolute Gasteiger partial charge is 0.161 e. The van der Waals surface area contributed by atoms with Crippen LogP contribution in [0, 0.1) is 5.82 Å². The summed E-state index contributed by atoms with van der Waals surface area (Å²) in [6.45, 7) is 5.67. The Kier molecular flexibility index (Phi) is 7.38. The lowest BCUT2D eigenvalue weighted by atomic mass is 10.1. The lowest BCUT2D eigenvalue weighted by Gasteiger charge is -2.40. The van der Waals surface area contributed by atoms with Gasteiger partial charge in [0.25, 0.3) is 0 Å². The van der Waals surface area contributed by atoms with E-state index in [9.17, 15) is 14.6 Å². The molecular formula is C21H26ClFN4O3. The highest BCUT2D eigenvalue weighted by Crippen LogP contribution is 2.32. The Morgan fingerprint density at radius 2 is 2.13 bits per heavy atom. The molecule has 7 nitrogen and oxygen atoms in total. The SMILES string of the molecule is C=CC(O)N1CC(Oc2ccc(N(C)CNCNc3ccc(F)c(Cl)c3)cc2O)C1. The second kappa shape index (κ2) is 9.99. The Bertz CT molecular complexity index is 879. The van der Waals surface area contributed by atoms with Gasteiger partial charge < -0.3 is 25.2 Å². The number of nitrogens with one attached hydrogen (secondary N) is 2. The largest absolute Gasteiger partial charge is 0.504 e. The molecule has 1 aliphatic rings. The van der Waals surface area contributed by atoms with Crippen molar-refractivity contribution in [3.05, 3.63) is 59.9 Å². The number of likely N-dealkylation sites (tertiary alicyclic amines) is 1. The van der Waals surface area contributed by atoms with Crippen molar-refractivity contribution in [2.45, 2.75) is 12.3 Å². The fourth-order valence-corrected chi connectivity index (χ4v) is 3.20. The van der Waals surface area contributed by atoms with Crippen molar-refractivity contribution in [1.29, 1.82) is 0 Å². The van der Waals surface area contributed by atoms with Gasteiger partial charge in [-0.1, -0.05) is 18.2 Å². The maximum atomic E-state index is 13.2. The topological polar surface area (TPSA) is 80.2 Å². The number of hydrogen-bond acceptors (Lipinski definition) is 7. The number of benzene rings is 2. The number of rotatable bonds is 10. The van der Waals surface area contributed by atoms with Crippen molar-refractivity contribution in [3.8, 4) is 11.5 Å². The van der Waals surface area contributed by atoms with Gasteiger partial charge in [0, 0.05) is 37.6 Å². The first kappa shape index (κ1) is 22.2. The Labute approximate surface area is 180 Å². The van der Waals surface area contributed by atoms with Gasteiger partial charge >= 0.3 is 0 Å². The fraction of sp³-hybridized carbons (Fsp3) is 0.333. The molecule has 0 radical (unpaired) electrons. The van der Waals surface area contributed by atoms with E-state index in [0.717, 1.165) is 5.69 Å². The van der Waals surface area contributed by atoms with Crippen LogP contribution >= 0.6 is 11.6 Å². The maximum absolute atomic E-state index is 13.2. The molecule has 1 saturated heterocycles. The van der Waals surface area contributed by atoms with Crippen LogP contribution in [0.5, 0.6) is 11.5 Å². The molecule has 9 heteroatoms. The monoisotopic (exact) mass is 436 g/mol. The number of ether oxygens (including phenoxy) is 1. The number of halogens is 2.